The third kappa shape index (κ3) is 4.59. The Morgan fingerprint density at radius 3 is 2.46 bits per heavy atom. The SMILES string of the molecule is CC(C)N(Cc1cccc(Cl)c1)C(=O)Cc1ccccc1C(=O)O. The first-order valence-corrected chi connectivity index (χ1v) is 8.11. The summed E-state index contributed by atoms with van der Waals surface area (Å²) in [6.45, 7) is 4.31. The number of hydrogen-bond donors (Lipinski definition) is 1. The molecule has 126 valence electrons. The van der Waals surface area contributed by atoms with Gasteiger partial charge in [0.15, 0.2) is 0 Å². The molecule has 0 saturated heterocycles. The number of carbonyl (C=O) groups is 2. The molecule has 0 saturated carbocycles. The number of amides is 1. The van der Waals surface area contributed by atoms with Crippen LogP contribution in [0.3, 0.4) is 0 Å². The van der Waals surface area contributed by atoms with E-state index >= 15 is 0 Å². The Kier molecular flexibility index (Phi) is 5.99. The van der Waals surface area contributed by atoms with Crippen LogP contribution >= 0.6 is 11.6 Å². The Morgan fingerprint density at radius 1 is 1.12 bits per heavy atom. The van der Waals surface area contributed by atoms with Crippen LogP contribution in [0.15, 0.2) is 48.5 Å². The fraction of sp³-hybridized carbons (Fsp3) is 0.263. The molecule has 0 unspecified atom stereocenters. The number of carbonyl (C=O) groups excluding carboxylic acids is 1. The molecule has 2 aromatic rings. The summed E-state index contributed by atoms with van der Waals surface area (Å²) in [4.78, 5) is 25.7. The number of hydrogen-bond acceptors (Lipinski definition) is 2. The van der Waals surface area contributed by atoms with E-state index in [2.05, 4.69) is 0 Å². The lowest BCUT2D eigenvalue weighted by atomic mass is 10.0. The lowest BCUT2D eigenvalue weighted by Crippen LogP contribution is -2.37. The standard InChI is InChI=1S/C19H20ClNO3/c1-13(2)21(12-14-6-5-8-16(20)10-14)18(22)11-15-7-3-4-9-17(15)19(23)24/h3-10,13H,11-12H2,1-2H3,(H,23,24). The maximum absolute atomic E-state index is 12.7. The summed E-state index contributed by atoms with van der Waals surface area (Å²) in [6.07, 6.45) is 0.0568. The first-order chi connectivity index (χ1) is 11.4. The van der Waals surface area contributed by atoms with Crippen molar-refractivity contribution in [2.75, 3.05) is 0 Å². The van der Waals surface area contributed by atoms with Crippen molar-refractivity contribution in [3.8, 4) is 0 Å². The first-order valence-electron chi connectivity index (χ1n) is 7.73. The summed E-state index contributed by atoms with van der Waals surface area (Å²) in [6, 6.07) is 14.0. The van der Waals surface area contributed by atoms with Gasteiger partial charge in [-0.25, -0.2) is 4.79 Å². The quantitative estimate of drug-likeness (QED) is 0.860. The molecule has 2 rings (SSSR count). The summed E-state index contributed by atoms with van der Waals surface area (Å²) in [7, 11) is 0. The molecule has 0 aliphatic heterocycles. The number of rotatable bonds is 6. The monoisotopic (exact) mass is 345 g/mol. The van der Waals surface area contributed by atoms with Gasteiger partial charge in [0.25, 0.3) is 0 Å². The normalized spacial score (nSPS) is 10.7. The predicted molar refractivity (Wildman–Crippen MR) is 94.2 cm³/mol. The van der Waals surface area contributed by atoms with Crippen LogP contribution in [0.2, 0.25) is 5.02 Å². The van der Waals surface area contributed by atoms with E-state index in [0.29, 0.717) is 17.1 Å². The predicted octanol–water partition coefficient (Wildman–Crippen LogP) is 4.02. The minimum atomic E-state index is -1.02. The second-order valence-electron chi connectivity index (χ2n) is 5.88. The first kappa shape index (κ1) is 18.0. The summed E-state index contributed by atoms with van der Waals surface area (Å²) in [5.74, 6) is -1.14. The molecule has 0 heterocycles. The zero-order valence-electron chi connectivity index (χ0n) is 13.7. The van der Waals surface area contributed by atoms with Crippen molar-refractivity contribution in [1.82, 2.24) is 4.90 Å². The van der Waals surface area contributed by atoms with Crippen molar-refractivity contribution in [2.24, 2.45) is 0 Å². The molecule has 1 N–H and O–H groups in total. The molecule has 5 heteroatoms. The fourth-order valence-electron chi connectivity index (χ4n) is 2.54. The minimum Gasteiger partial charge on any atom is -0.478 e. The van der Waals surface area contributed by atoms with Crippen molar-refractivity contribution in [3.05, 3.63) is 70.2 Å². The average molecular weight is 346 g/mol. The summed E-state index contributed by atoms with van der Waals surface area (Å²) < 4.78 is 0. The molecule has 0 atom stereocenters. The second kappa shape index (κ2) is 7.97. The van der Waals surface area contributed by atoms with Gasteiger partial charge in [-0.3, -0.25) is 4.79 Å². The number of carboxylic acid groups (broad SMARTS) is 1. The van der Waals surface area contributed by atoms with Gasteiger partial charge in [-0.1, -0.05) is 41.9 Å². The molecule has 2 aromatic carbocycles. The topological polar surface area (TPSA) is 57.6 Å². The number of benzene rings is 2. The molecule has 0 aliphatic carbocycles. The number of halogens is 1. The molecule has 0 bridgehead atoms. The number of nitrogens with zero attached hydrogens (tertiary/aromatic N) is 1. The molecular weight excluding hydrogens is 326 g/mol. The Labute approximate surface area is 146 Å². The van der Waals surface area contributed by atoms with Gasteiger partial charge in [-0.05, 0) is 43.2 Å². The second-order valence-corrected chi connectivity index (χ2v) is 6.32. The summed E-state index contributed by atoms with van der Waals surface area (Å²) in [5.41, 5.74) is 1.63. The Hall–Kier alpha value is -2.33. The highest BCUT2D eigenvalue weighted by atomic mass is 35.5. The number of aromatic carboxylic acids is 1. The van der Waals surface area contributed by atoms with E-state index in [-0.39, 0.29) is 23.9 Å². The van der Waals surface area contributed by atoms with Crippen molar-refractivity contribution in [1.29, 1.82) is 0 Å². The molecule has 1 amide bonds. The van der Waals surface area contributed by atoms with Crippen LogP contribution in [0.5, 0.6) is 0 Å². The number of carboxylic acids is 1. The van der Waals surface area contributed by atoms with Crippen LogP contribution in [0.25, 0.3) is 0 Å². The van der Waals surface area contributed by atoms with Gasteiger partial charge in [0, 0.05) is 17.6 Å². The van der Waals surface area contributed by atoms with E-state index in [4.69, 9.17) is 11.6 Å². The highest BCUT2D eigenvalue weighted by Gasteiger charge is 2.20. The zero-order valence-corrected chi connectivity index (χ0v) is 14.5. The van der Waals surface area contributed by atoms with Gasteiger partial charge in [0.1, 0.15) is 0 Å². The van der Waals surface area contributed by atoms with E-state index in [1.54, 1.807) is 29.2 Å². The van der Waals surface area contributed by atoms with Crippen LogP contribution in [-0.2, 0) is 17.8 Å². The molecule has 0 spiro atoms. The van der Waals surface area contributed by atoms with Gasteiger partial charge in [-0.2, -0.15) is 0 Å². The highest BCUT2D eigenvalue weighted by Crippen LogP contribution is 2.17. The van der Waals surface area contributed by atoms with Gasteiger partial charge < -0.3 is 10.0 Å². The van der Waals surface area contributed by atoms with Crippen molar-refractivity contribution in [3.63, 3.8) is 0 Å². The largest absolute Gasteiger partial charge is 0.478 e. The molecule has 0 radical (unpaired) electrons. The lowest BCUT2D eigenvalue weighted by Gasteiger charge is -2.27. The molecule has 0 aromatic heterocycles. The van der Waals surface area contributed by atoms with Crippen LogP contribution in [0.1, 0.15) is 35.3 Å². The van der Waals surface area contributed by atoms with Crippen molar-refractivity contribution < 1.29 is 14.7 Å². The third-order valence-electron chi connectivity index (χ3n) is 3.78. The van der Waals surface area contributed by atoms with Gasteiger partial charge in [0.2, 0.25) is 5.91 Å². The molecule has 0 fully saturated rings. The van der Waals surface area contributed by atoms with Crippen LogP contribution < -0.4 is 0 Å². The van der Waals surface area contributed by atoms with E-state index in [0.717, 1.165) is 5.56 Å². The van der Waals surface area contributed by atoms with Gasteiger partial charge in [-0.15, -0.1) is 0 Å². The van der Waals surface area contributed by atoms with Gasteiger partial charge >= 0.3 is 5.97 Å². The zero-order chi connectivity index (χ0) is 17.7. The van der Waals surface area contributed by atoms with E-state index in [9.17, 15) is 14.7 Å². The molecule has 4 nitrogen and oxygen atoms in total. The van der Waals surface area contributed by atoms with Gasteiger partial charge in [0.05, 0.1) is 12.0 Å². The summed E-state index contributed by atoms with van der Waals surface area (Å²) in [5, 5.41) is 9.88. The summed E-state index contributed by atoms with van der Waals surface area (Å²) >= 11 is 6.00. The fourth-order valence-corrected chi connectivity index (χ4v) is 2.75. The maximum atomic E-state index is 12.7. The van der Waals surface area contributed by atoms with E-state index in [1.165, 1.54) is 6.07 Å². The minimum absolute atomic E-state index is 0.00604. The Morgan fingerprint density at radius 2 is 1.83 bits per heavy atom. The molecular formula is C19H20ClNO3. The van der Waals surface area contributed by atoms with E-state index in [1.807, 2.05) is 32.0 Å². The lowest BCUT2D eigenvalue weighted by molar-refractivity contribution is -0.132. The van der Waals surface area contributed by atoms with E-state index < -0.39 is 5.97 Å². The van der Waals surface area contributed by atoms with Crippen LogP contribution in [-0.4, -0.2) is 27.9 Å². The van der Waals surface area contributed by atoms with Crippen molar-refractivity contribution in [2.45, 2.75) is 32.9 Å². The smallest absolute Gasteiger partial charge is 0.335 e. The van der Waals surface area contributed by atoms with Crippen LogP contribution in [0, 0.1) is 0 Å². The Bertz CT molecular complexity index is 743. The van der Waals surface area contributed by atoms with Crippen LogP contribution in [0.4, 0.5) is 0 Å². The average Bonchev–Trinajstić information content (AvgIpc) is 2.52. The maximum Gasteiger partial charge on any atom is 0.335 e. The third-order valence-corrected chi connectivity index (χ3v) is 4.01. The van der Waals surface area contributed by atoms with Crippen molar-refractivity contribution >= 4 is 23.5 Å². The highest BCUT2D eigenvalue weighted by molar-refractivity contribution is 6.30. The molecule has 24 heavy (non-hydrogen) atoms. The molecule has 0 aliphatic rings. The Balaban J connectivity index is 2.20.